The van der Waals surface area contributed by atoms with Crippen molar-refractivity contribution < 1.29 is 8.42 Å². The highest BCUT2D eigenvalue weighted by Gasteiger charge is 2.21. The van der Waals surface area contributed by atoms with Crippen molar-refractivity contribution in [1.82, 2.24) is 4.98 Å². The van der Waals surface area contributed by atoms with Crippen molar-refractivity contribution in [2.45, 2.75) is 18.7 Å². The highest BCUT2D eigenvalue weighted by molar-refractivity contribution is 7.92. The van der Waals surface area contributed by atoms with Gasteiger partial charge in [-0.15, -0.1) is 0 Å². The molecule has 108 valence electrons. The molecule has 0 unspecified atom stereocenters. The van der Waals surface area contributed by atoms with Gasteiger partial charge in [0.15, 0.2) is 5.69 Å². The number of nitrogens with two attached hydrogens (primary N) is 1. The Kier molecular flexibility index (Phi) is 3.82. The molecule has 0 atom stereocenters. The van der Waals surface area contributed by atoms with Gasteiger partial charge in [0.1, 0.15) is 11.0 Å². The van der Waals surface area contributed by atoms with Crippen molar-refractivity contribution in [2.24, 2.45) is 0 Å². The monoisotopic (exact) mass is 302 g/mol. The molecule has 0 radical (unpaired) electrons. The Morgan fingerprint density at radius 3 is 2.67 bits per heavy atom. The van der Waals surface area contributed by atoms with E-state index in [1.54, 1.807) is 19.1 Å². The minimum Gasteiger partial charge on any atom is -0.397 e. The van der Waals surface area contributed by atoms with Gasteiger partial charge in [0.05, 0.1) is 11.4 Å². The molecule has 6 nitrogen and oxygen atoms in total. The maximum Gasteiger partial charge on any atom is 0.264 e. The molecule has 1 aromatic carbocycles. The lowest BCUT2D eigenvalue weighted by Gasteiger charge is -2.15. The number of nitrogen functional groups attached to an aromatic ring is 1. The second-order valence-electron chi connectivity index (χ2n) is 4.54. The summed E-state index contributed by atoms with van der Waals surface area (Å²) in [5.74, 6) is 0. The van der Waals surface area contributed by atoms with Gasteiger partial charge >= 0.3 is 0 Å². The van der Waals surface area contributed by atoms with Crippen molar-refractivity contribution >= 4 is 21.4 Å². The number of hydrogen-bond acceptors (Lipinski definition) is 5. The minimum atomic E-state index is -3.93. The van der Waals surface area contributed by atoms with Gasteiger partial charge in [-0.1, -0.05) is 6.07 Å². The van der Waals surface area contributed by atoms with E-state index in [0.717, 1.165) is 11.1 Å². The van der Waals surface area contributed by atoms with E-state index in [1.165, 1.54) is 18.3 Å². The summed E-state index contributed by atoms with van der Waals surface area (Å²) in [7, 11) is -3.93. The van der Waals surface area contributed by atoms with Crippen LogP contribution in [0.2, 0.25) is 0 Å². The van der Waals surface area contributed by atoms with Crippen molar-refractivity contribution in [3.63, 3.8) is 0 Å². The van der Waals surface area contributed by atoms with Crippen LogP contribution in [-0.2, 0) is 10.0 Å². The number of benzene rings is 1. The molecule has 0 bridgehead atoms. The van der Waals surface area contributed by atoms with Gasteiger partial charge in [0.2, 0.25) is 0 Å². The topological polar surface area (TPSA) is 109 Å². The number of nitriles is 1. The first-order valence-electron chi connectivity index (χ1n) is 6.10. The highest BCUT2D eigenvalue weighted by atomic mass is 32.2. The lowest BCUT2D eigenvalue weighted by atomic mass is 10.1. The fourth-order valence-corrected chi connectivity index (χ4v) is 3.11. The zero-order chi connectivity index (χ0) is 15.6. The maximum absolute atomic E-state index is 12.4. The fraction of sp³-hybridized carbons (Fsp3) is 0.143. The number of anilines is 2. The quantitative estimate of drug-likeness (QED) is 0.842. The van der Waals surface area contributed by atoms with Crippen LogP contribution in [0.5, 0.6) is 0 Å². The zero-order valence-electron chi connectivity index (χ0n) is 11.6. The summed E-state index contributed by atoms with van der Waals surface area (Å²) in [4.78, 5) is 3.58. The van der Waals surface area contributed by atoms with Crippen LogP contribution in [0.15, 0.2) is 35.4 Å². The van der Waals surface area contributed by atoms with Crippen LogP contribution in [0.25, 0.3) is 0 Å². The molecule has 0 spiro atoms. The molecule has 1 aromatic heterocycles. The molecular weight excluding hydrogens is 288 g/mol. The highest BCUT2D eigenvalue weighted by Crippen LogP contribution is 2.28. The van der Waals surface area contributed by atoms with E-state index in [0.29, 0.717) is 11.4 Å². The van der Waals surface area contributed by atoms with Crippen LogP contribution in [-0.4, -0.2) is 13.4 Å². The number of hydrogen-bond donors (Lipinski definition) is 2. The van der Waals surface area contributed by atoms with Crippen LogP contribution in [0, 0.1) is 25.2 Å². The summed E-state index contributed by atoms with van der Waals surface area (Å²) in [6.45, 7) is 3.63. The summed E-state index contributed by atoms with van der Waals surface area (Å²) >= 11 is 0. The second kappa shape index (κ2) is 5.42. The molecule has 7 heteroatoms. The third-order valence-corrected chi connectivity index (χ3v) is 4.55. The van der Waals surface area contributed by atoms with Crippen molar-refractivity contribution in [1.29, 1.82) is 5.26 Å². The molecule has 0 saturated carbocycles. The Labute approximate surface area is 123 Å². The van der Waals surface area contributed by atoms with Crippen LogP contribution in [0.3, 0.4) is 0 Å². The molecule has 2 rings (SSSR count). The standard InChI is InChI=1S/C14H14N4O2S/c1-9-5-6-11(16)14(10(9)2)18-21(19,20)13-4-3-7-17-12(13)8-15/h3-7,18H,16H2,1-2H3. The van der Waals surface area contributed by atoms with Crippen molar-refractivity contribution in [2.75, 3.05) is 10.5 Å². The largest absolute Gasteiger partial charge is 0.397 e. The van der Waals surface area contributed by atoms with E-state index in [9.17, 15) is 8.42 Å². The molecule has 1 heterocycles. The van der Waals surface area contributed by atoms with Gasteiger partial charge in [-0.25, -0.2) is 13.4 Å². The van der Waals surface area contributed by atoms with Crippen molar-refractivity contribution in [3.8, 4) is 6.07 Å². The third kappa shape index (κ3) is 2.80. The number of pyridine rings is 1. The zero-order valence-corrected chi connectivity index (χ0v) is 12.4. The number of aromatic nitrogens is 1. The van der Waals surface area contributed by atoms with E-state index in [-0.39, 0.29) is 10.6 Å². The minimum absolute atomic E-state index is 0.158. The average molecular weight is 302 g/mol. The number of sulfonamides is 1. The Balaban J connectivity index is 2.54. The van der Waals surface area contributed by atoms with Gasteiger partial charge in [-0.3, -0.25) is 4.72 Å². The Morgan fingerprint density at radius 1 is 1.29 bits per heavy atom. The predicted octanol–water partition coefficient (Wildman–Crippen LogP) is 1.95. The summed E-state index contributed by atoms with van der Waals surface area (Å²) < 4.78 is 27.3. The Bertz CT molecular complexity index is 839. The lowest BCUT2D eigenvalue weighted by Crippen LogP contribution is -2.17. The molecule has 21 heavy (non-hydrogen) atoms. The molecule has 0 fully saturated rings. The van der Waals surface area contributed by atoms with E-state index in [2.05, 4.69) is 9.71 Å². The number of aryl methyl sites for hydroxylation is 1. The SMILES string of the molecule is Cc1ccc(N)c(NS(=O)(=O)c2cccnc2C#N)c1C. The molecule has 2 aromatic rings. The third-order valence-electron chi connectivity index (χ3n) is 3.17. The van der Waals surface area contributed by atoms with Gasteiger partial charge in [0.25, 0.3) is 10.0 Å². The van der Waals surface area contributed by atoms with Crippen LogP contribution in [0.1, 0.15) is 16.8 Å². The number of nitrogens with one attached hydrogen (secondary N) is 1. The summed E-state index contributed by atoms with van der Waals surface area (Å²) in [6, 6.07) is 8.00. The van der Waals surface area contributed by atoms with E-state index in [1.807, 2.05) is 13.0 Å². The summed E-state index contributed by atoms with van der Waals surface area (Å²) in [6.07, 6.45) is 1.36. The predicted molar refractivity (Wildman–Crippen MR) is 80.1 cm³/mol. The first-order chi connectivity index (χ1) is 9.86. The van der Waals surface area contributed by atoms with Gasteiger partial charge in [-0.2, -0.15) is 5.26 Å². The van der Waals surface area contributed by atoms with E-state index < -0.39 is 10.0 Å². The van der Waals surface area contributed by atoms with E-state index >= 15 is 0 Å². The van der Waals surface area contributed by atoms with Crippen LogP contribution < -0.4 is 10.5 Å². The first kappa shape index (κ1) is 14.8. The Hall–Kier alpha value is -2.59. The van der Waals surface area contributed by atoms with E-state index in [4.69, 9.17) is 11.0 Å². The second-order valence-corrected chi connectivity index (χ2v) is 6.19. The average Bonchev–Trinajstić information content (AvgIpc) is 2.47. The van der Waals surface area contributed by atoms with Gasteiger partial charge in [0, 0.05) is 6.20 Å². The van der Waals surface area contributed by atoms with Crippen molar-refractivity contribution in [3.05, 3.63) is 47.3 Å². The lowest BCUT2D eigenvalue weighted by molar-refractivity contribution is 0.600. The summed E-state index contributed by atoms with van der Waals surface area (Å²) in [5, 5.41) is 8.97. The molecular formula is C14H14N4O2S. The molecule has 0 aliphatic heterocycles. The van der Waals surface area contributed by atoms with Gasteiger partial charge in [-0.05, 0) is 43.2 Å². The van der Waals surface area contributed by atoms with Crippen LogP contribution >= 0.6 is 0 Å². The number of rotatable bonds is 3. The normalized spacial score (nSPS) is 10.9. The Morgan fingerprint density at radius 2 is 2.00 bits per heavy atom. The molecule has 0 aliphatic carbocycles. The first-order valence-corrected chi connectivity index (χ1v) is 7.58. The molecule has 0 aliphatic rings. The molecule has 0 saturated heterocycles. The number of nitrogens with zero attached hydrogens (tertiary/aromatic N) is 2. The maximum atomic E-state index is 12.4. The summed E-state index contributed by atoms with van der Waals surface area (Å²) in [5.41, 5.74) is 7.97. The van der Waals surface area contributed by atoms with Crippen LogP contribution in [0.4, 0.5) is 11.4 Å². The molecule has 3 N–H and O–H groups in total. The molecule has 0 amide bonds. The van der Waals surface area contributed by atoms with Gasteiger partial charge < -0.3 is 5.73 Å². The smallest absolute Gasteiger partial charge is 0.264 e. The fourth-order valence-electron chi connectivity index (χ4n) is 1.85.